The van der Waals surface area contributed by atoms with E-state index in [-0.39, 0.29) is 11.6 Å². The van der Waals surface area contributed by atoms with E-state index in [1.165, 1.54) is 51.4 Å². The summed E-state index contributed by atoms with van der Waals surface area (Å²) in [5, 5.41) is 0. The summed E-state index contributed by atoms with van der Waals surface area (Å²) in [5.41, 5.74) is -0.337. The Kier molecular flexibility index (Phi) is 4.92. The Morgan fingerprint density at radius 2 is 1.63 bits per heavy atom. The number of carbonyl (C=O) groups excluding carboxylic acids is 1. The third-order valence-corrected chi connectivity index (χ3v) is 4.78. The maximum absolute atomic E-state index is 12.0. The van der Waals surface area contributed by atoms with Gasteiger partial charge in [-0.1, -0.05) is 38.5 Å². The monoisotopic (exact) mass is 266 g/mol. The van der Waals surface area contributed by atoms with Crippen molar-refractivity contribution in [3.8, 4) is 0 Å². The van der Waals surface area contributed by atoms with Crippen LogP contribution in [0.2, 0.25) is 0 Å². The molecule has 2 heteroatoms. The quantitative estimate of drug-likeness (QED) is 0.688. The van der Waals surface area contributed by atoms with Crippen molar-refractivity contribution in [3.05, 3.63) is 0 Å². The SMILES string of the molecule is CC(C)(C)OC(=O)C[C@H]1CCC[C@H]1CC1CCCC1. The normalized spacial score (nSPS) is 28.8. The van der Waals surface area contributed by atoms with Crippen molar-refractivity contribution < 1.29 is 9.53 Å². The summed E-state index contributed by atoms with van der Waals surface area (Å²) >= 11 is 0. The van der Waals surface area contributed by atoms with Gasteiger partial charge in [-0.15, -0.1) is 0 Å². The van der Waals surface area contributed by atoms with Crippen LogP contribution < -0.4 is 0 Å². The van der Waals surface area contributed by atoms with Gasteiger partial charge in [0.2, 0.25) is 0 Å². The predicted molar refractivity (Wildman–Crippen MR) is 77.9 cm³/mol. The Morgan fingerprint density at radius 3 is 2.26 bits per heavy atom. The average Bonchev–Trinajstić information content (AvgIpc) is 2.89. The number of rotatable bonds is 4. The number of hydrogen-bond acceptors (Lipinski definition) is 2. The van der Waals surface area contributed by atoms with Crippen LogP contribution in [0, 0.1) is 17.8 Å². The van der Waals surface area contributed by atoms with Gasteiger partial charge in [0, 0.05) is 6.42 Å². The molecular formula is C17H30O2. The molecule has 2 rings (SSSR count). The highest BCUT2D eigenvalue weighted by atomic mass is 16.6. The Labute approximate surface area is 118 Å². The van der Waals surface area contributed by atoms with E-state index in [2.05, 4.69) is 0 Å². The molecule has 2 nitrogen and oxygen atoms in total. The van der Waals surface area contributed by atoms with Crippen molar-refractivity contribution in [3.63, 3.8) is 0 Å². The minimum atomic E-state index is -0.337. The van der Waals surface area contributed by atoms with E-state index in [1.54, 1.807) is 0 Å². The molecule has 0 unspecified atom stereocenters. The third kappa shape index (κ3) is 4.81. The van der Waals surface area contributed by atoms with Crippen LogP contribution in [0.25, 0.3) is 0 Å². The molecule has 0 aliphatic heterocycles. The first-order valence-corrected chi connectivity index (χ1v) is 8.16. The molecule has 0 bridgehead atoms. The molecule has 2 atom stereocenters. The molecule has 0 N–H and O–H groups in total. The zero-order chi connectivity index (χ0) is 13.9. The van der Waals surface area contributed by atoms with E-state index in [9.17, 15) is 4.79 Å². The molecule has 0 amide bonds. The topological polar surface area (TPSA) is 26.3 Å². The fourth-order valence-electron chi connectivity index (χ4n) is 3.96. The van der Waals surface area contributed by atoms with Gasteiger partial charge in [-0.2, -0.15) is 0 Å². The number of carbonyl (C=O) groups is 1. The van der Waals surface area contributed by atoms with Gasteiger partial charge >= 0.3 is 5.97 Å². The standard InChI is InChI=1S/C17H30O2/c1-17(2,3)19-16(18)12-15-10-6-9-14(15)11-13-7-4-5-8-13/h13-15H,4-12H2,1-3H3/t14-,15+/m0/s1. The number of hydrogen-bond donors (Lipinski definition) is 0. The zero-order valence-corrected chi connectivity index (χ0v) is 12.9. The molecule has 2 saturated carbocycles. The lowest BCUT2D eigenvalue weighted by molar-refractivity contribution is -0.156. The first-order valence-electron chi connectivity index (χ1n) is 8.16. The summed E-state index contributed by atoms with van der Waals surface area (Å²) in [5.74, 6) is 2.34. The van der Waals surface area contributed by atoms with Crippen molar-refractivity contribution in [1.29, 1.82) is 0 Å². The molecule has 19 heavy (non-hydrogen) atoms. The van der Waals surface area contributed by atoms with Crippen molar-refractivity contribution in [2.75, 3.05) is 0 Å². The summed E-state index contributed by atoms with van der Waals surface area (Å²) in [6, 6.07) is 0. The highest BCUT2D eigenvalue weighted by Crippen LogP contribution is 2.41. The highest BCUT2D eigenvalue weighted by Gasteiger charge is 2.32. The van der Waals surface area contributed by atoms with Gasteiger partial charge in [0.1, 0.15) is 5.60 Å². The minimum absolute atomic E-state index is 0.0100. The molecule has 110 valence electrons. The summed E-state index contributed by atoms with van der Waals surface area (Å²) in [6.07, 6.45) is 11.6. The van der Waals surface area contributed by atoms with Crippen LogP contribution in [0.4, 0.5) is 0 Å². The van der Waals surface area contributed by atoms with Crippen LogP contribution in [0.3, 0.4) is 0 Å². The van der Waals surface area contributed by atoms with Gasteiger partial charge in [-0.25, -0.2) is 0 Å². The molecule has 0 heterocycles. The van der Waals surface area contributed by atoms with E-state index < -0.39 is 0 Å². The zero-order valence-electron chi connectivity index (χ0n) is 12.9. The molecule has 0 aromatic heterocycles. The van der Waals surface area contributed by atoms with Crippen molar-refractivity contribution in [2.24, 2.45) is 17.8 Å². The molecule has 0 aromatic rings. The molecule has 0 aromatic carbocycles. The maximum atomic E-state index is 12.0. The minimum Gasteiger partial charge on any atom is -0.460 e. The first kappa shape index (κ1) is 14.9. The lowest BCUT2D eigenvalue weighted by Crippen LogP contribution is -2.26. The summed E-state index contributed by atoms with van der Waals surface area (Å²) in [6.45, 7) is 5.86. The smallest absolute Gasteiger partial charge is 0.306 e. The van der Waals surface area contributed by atoms with Crippen LogP contribution in [0.15, 0.2) is 0 Å². The Balaban J connectivity index is 1.79. The Hall–Kier alpha value is -0.530. The van der Waals surface area contributed by atoms with Crippen molar-refractivity contribution >= 4 is 5.97 Å². The molecule has 2 aliphatic carbocycles. The van der Waals surface area contributed by atoms with E-state index >= 15 is 0 Å². The Bertz CT molecular complexity index is 297. The van der Waals surface area contributed by atoms with Gasteiger partial charge < -0.3 is 4.74 Å². The van der Waals surface area contributed by atoms with E-state index in [1.807, 2.05) is 20.8 Å². The predicted octanol–water partition coefficient (Wildman–Crippen LogP) is 4.71. The molecule has 0 radical (unpaired) electrons. The summed E-state index contributed by atoms with van der Waals surface area (Å²) in [4.78, 5) is 12.0. The van der Waals surface area contributed by atoms with E-state index in [0.717, 1.165) is 11.8 Å². The van der Waals surface area contributed by atoms with E-state index in [0.29, 0.717) is 12.3 Å². The highest BCUT2D eigenvalue weighted by molar-refractivity contribution is 5.70. The maximum Gasteiger partial charge on any atom is 0.306 e. The van der Waals surface area contributed by atoms with Crippen LogP contribution in [0.1, 0.15) is 78.6 Å². The molecule has 2 fully saturated rings. The molecule has 2 aliphatic rings. The van der Waals surface area contributed by atoms with Crippen LogP contribution in [0.5, 0.6) is 0 Å². The van der Waals surface area contributed by atoms with Gasteiger partial charge in [-0.05, 0) is 51.4 Å². The lowest BCUT2D eigenvalue weighted by Gasteiger charge is -2.24. The second-order valence-electron chi connectivity index (χ2n) is 7.63. The van der Waals surface area contributed by atoms with Gasteiger partial charge in [-0.3, -0.25) is 4.79 Å². The first-order chi connectivity index (χ1) is 8.94. The van der Waals surface area contributed by atoms with Gasteiger partial charge in [0.25, 0.3) is 0 Å². The van der Waals surface area contributed by atoms with Crippen LogP contribution >= 0.6 is 0 Å². The molecule has 0 saturated heterocycles. The fraction of sp³-hybridized carbons (Fsp3) is 0.941. The Morgan fingerprint density at radius 1 is 1.00 bits per heavy atom. The van der Waals surface area contributed by atoms with Crippen LogP contribution in [-0.4, -0.2) is 11.6 Å². The third-order valence-electron chi connectivity index (χ3n) is 4.78. The fourth-order valence-corrected chi connectivity index (χ4v) is 3.96. The van der Waals surface area contributed by atoms with Crippen LogP contribution in [-0.2, 0) is 9.53 Å². The largest absolute Gasteiger partial charge is 0.460 e. The van der Waals surface area contributed by atoms with Gasteiger partial charge in [0.05, 0.1) is 0 Å². The average molecular weight is 266 g/mol. The van der Waals surface area contributed by atoms with Gasteiger partial charge in [0.15, 0.2) is 0 Å². The second-order valence-corrected chi connectivity index (χ2v) is 7.63. The number of esters is 1. The molecular weight excluding hydrogens is 236 g/mol. The van der Waals surface area contributed by atoms with Crippen molar-refractivity contribution in [1.82, 2.24) is 0 Å². The number of ether oxygens (including phenoxy) is 1. The summed E-state index contributed by atoms with van der Waals surface area (Å²) < 4.78 is 5.48. The second kappa shape index (κ2) is 6.28. The van der Waals surface area contributed by atoms with Crippen molar-refractivity contribution in [2.45, 2.75) is 84.2 Å². The molecule has 0 spiro atoms. The van der Waals surface area contributed by atoms with E-state index in [4.69, 9.17) is 4.74 Å². The summed E-state index contributed by atoms with van der Waals surface area (Å²) in [7, 11) is 0. The lowest BCUT2D eigenvalue weighted by atomic mass is 9.84.